The first kappa shape index (κ1) is 14.5. The maximum Gasteiger partial charge on any atom is 0.227 e. The number of carbonyl (C=O) groups is 1. The number of carbonyl (C=O) groups excluding carboxylic acids is 1. The van der Waals surface area contributed by atoms with Crippen LogP contribution in [0, 0.1) is 5.41 Å². The van der Waals surface area contributed by atoms with Gasteiger partial charge in [-0.1, -0.05) is 25.7 Å². The topological polar surface area (TPSA) is 64.3 Å². The number of amides is 1. The molecule has 1 aliphatic carbocycles. The van der Waals surface area contributed by atoms with Crippen molar-refractivity contribution in [3.63, 3.8) is 0 Å². The van der Waals surface area contributed by atoms with Crippen LogP contribution in [-0.4, -0.2) is 32.2 Å². The molecule has 0 aromatic carbocycles. The molecule has 4 nitrogen and oxygen atoms in total. The van der Waals surface area contributed by atoms with E-state index < -0.39 is 0 Å². The van der Waals surface area contributed by atoms with E-state index in [1.807, 2.05) is 6.92 Å². The van der Waals surface area contributed by atoms with E-state index in [0.717, 1.165) is 25.7 Å². The highest BCUT2D eigenvalue weighted by Crippen LogP contribution is 2.34. The quantitative estimate of drug-likeness (QED) is 0.717. The summed E-state index contributed by atoms with van der Waals surface area (Å²) in [6, 6.07) is 0. The summed E-state index contributed by atoms with van der Waals surface area (Å²) in [5.74, 6) is 0.116. The van der Waals surface area contributed by atoms with Crippen molar-refractivity contribution in [1.82, 2.24) is 5.32 Å². The van der Waals surface area contributed by atoms with Crippen molar-refractivity contribution in [2.24, 2.45) is 11.1 Å². The molecule has 0 heterocycles. The zero-order chi connectivity index (χ0) is 12.7. The predicted molar refractivity (Wildman–Crippen MR) is 68.7 cm³/mol. The Balaban J connectivity index is 2.55. The number of nitrogens with one attached hydrogen (secondary N) is 1. The van der Waals surface area contributed by atoms with Gasteiger partial charge in [0.05, 0.1) is 11.5 Å². The van der Waals surface area contributed by atoms with E-state index in [1.165, 1.54) is 12.8 Å². The van der Waals surface area contributed by atoms with Crippen LogP contribution < -0.4 is 11.1 Å². The third-order valence-electron chi connectivity index (χ3n) is 3.89. The molecule has 0 aromatic heterocycles. The van der Waals surface area contributed by atoms with Gasteiger partial charge < -0.3 is 15.8 Å². The number of hydrogen-bond acceptors (Lipinski definition) is 3. The van der Waals surface area contributed by atoms with Crippen LogP contribution >= 0.6 is 0 Å². The fourth-order valence-electron chi connectivity index (χ4n) is 2.44. The first-order valence-electron chi connectivity index (χ1n) is 6.66. The summed E-state index contributed by atoms with van der Waals surface area (Å²) in [5, 5.41) is 2.98. The fourth-order valence-corrected chi connectivity index (χ4v) is 2.44. The normalized spacial score (nSPS) is 21.6. The van der Waals surface area contributed by atoms with Gasteiger partial charge in [0.2, 0.25) is 5.91 Å². The minimum atomic E-state index is -0.329. The van der Waals surface area contributed by atoms with Gasteiger partial charge >= 0.3 is 0 Å². The van der Waals surface area contributed by atoms with E-state index in [0.29, 0.717) is 13.1 Å². The Morgan fingerprint density at radius 3 is 2.41 bits per heavy atom. The zero-order valence-corrected chi connectivity index (χ0v) is 11.1. The largest absolute Gasteiger partial charge is 0.380 e. The lowest BCUT2D eigenvalue weighted by molar-refractivity contribution is -0.131. The molecule has 3 N–H and O–H groups in total. The summed E-state index contributed by atoms with van der Waals surface area (Å²) in [4.78, 5) is 12.3. The zero-order valence-electron chi connectivity index (χ0n) is 11.1. The monoisotopic (exact) mass is 242 g/mol. The molecule has 1 unspecified atom stereocenters. The van der Waals surface area contributed by atoms with E-state index in [-0.39, 0.29) is 17.4 Å². The first-order chi connectivity index (χ1) is 8.14. The summed E-state index contributed by atoms with van der Waals surface area (Å²) in [7, 11) is 1.65. The Morgan fingerprint density at radius 1 is 1.35 bits per heavy atom. The smallest absolute Gasteiger partial charge is 0.227 e. The molecule has 0 aliphatic heterocycles. The summed E-state index contributed by atoms with van der Waals surface area (Å²) in [6.07, 6.45) is 6.59. The van der Waals surface area contributed by atoms with Crippen molar-refractivity contribution in [1.29, 1.82) is 0 Å². The molecule has 1 saturated carbocycles. The van der Waals surface area contributed by atoms with Crippen molar-refractivity contribution >= 4 is 5.91 Å². The molecule has 1 aliphatic rings. The third kappa shape index (κ3) is 3.96. The van der Waals surface area contributed by atoms with Crippen LogP contribution in [-0.2, 0) is 9.53 Å². The van der Waals surface area contributed by atoms with Crippen LogP contribution in [0.25, 0.3) is 0 Å². The first-order valence-corrected chi connectivity index (χ1v) is 6.66. The Hall–Kier alpha value is -0.610. The van der Waals surface area contributed by atoms with Crippen LogP contribution in [0.15, 0.2) is 0 Å². The highest BCUT2D eigenvalue weighted by molar-refractivity contribution is 5.82. The second-order valence-electron chi connectivity index (χ2n) is 5.16. The standard InChI is InChI=1S/C13H26N2O2/c1-11(17-2)9-15-12(16)13(10-14)7-5-3-4-6-8-13/h11H,3-10,14H2,1-2H3,(H,15,16). The Morgan fingerprint density at radius 2 is 1.94 bits per heavy atom. The summed E-state index contributed by atoms with van der Waals surface area (Å²) < 4.78 is 5.13. The third-order valence-corrected chi connectivity index (χ3v) is 3.89. The van der Waals surface area contributed by atoms with Crippen molar-refractivity contribution in [3.8, 4) is 0 Å². The van der Waals surface area contributed by atoms with Gasteiger partial charge in [-0.25, -0.2) is 0 Å². The summed E-state index contributed by atoms with van der Waals surface area (Å²) in [6.45, 7) is 2.97. The van der Waals surface area contributed by atoms with Gasteiger partial charge in [-0.15, -0.1) is 0 Å². The highest BCUT2D eigenvalue weighted by atomic mass is 16.5. The molecule has 4 heteroatoms. The molecule has 1 atom stereocenters. The number of hydrogen-bond donors (Lipinski definition) is 2. The van der Waals surface area contributed by atoms with Crippen LogP contribution in [0.4, 0.5) is 0 Å². The Bertz CT molecular complexity index is 236. The van der Waals surface area contributed by atoms with Gasteiger partial charge in [-0.3, -0.25) is 4.79 Å². The molecule has 0 spiro atoms. The van der Waals surface area contributed by atoms with Gasteiger partial charge in [0, 0.05) is 20.2 Å². The highest BCUT2D eigenvalue weighted by Gasteiger charge is 2.36. The number of rotatable bonds is 5. The second-order valence-corrected chi connectivity index (χ2v) is 5.16. The minimum absolute atomic E-state index is 0.0551. The van der Waals surface area contributed by atoms with Crippen LogP contribution in [0.3, 0.4) is 0 Å². The summed E-state index contributed by atoms with van der Waals surface area (Å²) >= 11 is 0. The van der Waals surface area contributed by atoms with E-state index >= 15 is 0 Å². The molecule has 1 fully saturated rings. The molecule has 0 saturated heterocycles. The number of ether oxygens (including phenoxy) is 1. The molecular weight excluding hydrogens is 216 g/mol. The second kappa shape index (κ2) is 6.97. The van der Waals surface area contributed by atoms with E-state index in [9.17, 15) is 4.79 Å². The predicted octanol–water partition coefficient (Wildman–Crippen LogP) is 1.44. The lowest BCUT2D eigenvalue weighted by atomic mass is 9.79. The lowest BCUT2D eigenvalue weighted by Crippen LogP contribution is -2.47. The molecular formula is C13H26N2O2. The van der Waals surface area contributed by atoms with E-state index in [4.69, 9.17) is 10.5 Å². The van der Waals surface area contributed by atoms with Gasteiger partial charge in [0.15, 0.2) is 0 Å². The SMILES string of the molecule is COC(C)CNC(=O)C1(CN)CCCCCC1. The van der Waals surface area contributed by atoms with Gasteiger partial charge in [0.25, 0.3) is 0 Å². The molecule has 1 amide bonds. The molecule has 1 rings (SSSR count). The van der Waals surface area contributed by atoms with E-state index in [1.54, 1.807) is 7.11 Å². The van der Waals surface area contributed by atoms with Crippen molar-refractivity contribution in [2.75, 3.05) is 20.2 Å². The lowest BCUT2D eigenvalue weighted by Gasteiger charge is -2.30. The Kier molecular flexibility index (Phi) is 5.92. The van der Waals surface area contributed by atoms with Crippen LogP contribution in [0.5, 0.6) is 0 Å². The maximum absolute atomic E-state index is 12.3. The molecule has 100 valence electrons. The average Bonchev–Trinajstić information content (AvgIpc) is 2.61. The van der Waals surface area contributed by atoms with Crippen molar-refractivity contribution in [3.05, 3.63) is 0 Å². The van der Waals surface area contributed by atoms with Gasteiger partial charge in [-0.2, -0.15) is 0 Å². The maximum atomic E-state index is 12.3. The fraction of sp³-hybridized carbons (Fsp3) is 0.923. The van der Waals surface area contributed by atoms with Crippen LogP contribution in [0.2, 0.25) is 0 Å². The van der Waals surface area contributed by atoms with Crippen LogP contribution in [0.1, 0.15) is 45.4 Å². The molecule has 0 bridgehead atoms. The Labute approximate surface area is 104 Å². The van der Waals surface area contributed by atoms with Crippen molar-refractivity contribution in [2.45, 2.75) is 51.6 Å². The molecule has 17 heavy (non-hydrogen) atoms. The molecule has 0 aromatic rings. The number of methoxy groups -OCH3 is 1. The minimum Gasteiger partial charge on any atom is -0.380 e. The number of nitrogens with two attached hydrogens (primary N) is 1. The average molecular weight is 242 g/mol. The molecule has 0 radical (unpaired) electrons. The van der Waals surface area contributed by atoms with E-state index in [2.05, 4.69) is 5.32 Å². The summed E-state index contributed by atoms with van der Waals surface area (Å²) in [5.41, 5.74) is 5.53. The van der Waals surface area contributed by atoms with Gasteiger partial charge in [0.1, 0.15) is 0 Å². The van der Waals surface area contributed by atoms with Crippen molar-refractivity contribution < 1.29 is 9.53 Å². The van der Waals surface area contributed by atoms with Gasteiger partial charge in [-0.05, 0) is 19.8 Å².